The Hall–Kier alpha value is -1.48. The molecule has 1 saturated heterocycles. The number of hydrogen-bond acceptors (Lipinski definition) is 5. The number of rotatable bonds is 6. The third kappa shape index (κ3) is 3.89. The normalized spacial score (nSPS) is 17.5. The second kappa shape index (κ2) is 8.39. The molecule has 1 aliphatic rings. The van der Waals surface area contributed by atoms with Crippen molar-refractivity contribution in [1.29, 1.82) is 5.26 Å². The second-order valence-electron chi connectivity index (χ2n) is 5.61. The maximum absolute atomic E-state index is 9.68. The second-order valence-corrected chi connectivity index (χ2v) is 5.99. The molecule has 5 nitrogen and oxygen atoms in total. The van der Waals surface area contributed by atoms with Crippen LogP contribution in [0.25, 0.3) is 0 Å². The minimum atomic E-state index is -0.369. The van der Waals surface area contributed by atoms with Crippen LogP contribution in [0.2, 0.25) is 5.02 Å². The molecule has 0 spiro atoms. The van der Waals surface area contributed by atoms with Crippen molar-refractivity contribution in [3.8, 4) is 17.6 Å². The van der Waals surface area contributed by atoms with E-state index in [9.17, 15) is 5.26 Å². The molecule has 0 aliphatic carbocycles. The van der Waals surface area contributed by atoms with Gasteiger partial charge in [-0.25, -0.2) is 0 Å². The highest BCUT2D eigenvalue weighted by Crippen LogP contribution is 2.40. The Balaban J connectivity index is 2.21. The van der Waals surface area contributed by atoms with Gasteiger partial charge in [0.25, 0.3) is 0 Å². The minimum Gasteiger partial charge on any atom is -0.493 e. The quantitative estimate of drug-likeness (QED) is 0.798. The molecule has 1 fully saturated rings. The number of benzene rings is 1. The Morgan fingerprint density at radius 2 is 1.91 bits per heavy atom. The van der Waals surface area contributed by atoms with Gasteiger partial charge in [0, 0.05) is 31.7 Å². The topological polar surface area (TPSA) is 48.7 Å². The van der Waals surface area contributed by atoms with E-state index in [1.807, 2.05) is 6.07 Å². The molecule has 1 aliphatic heterocycles. The number of ether oxygens (including phenoxy) is 2. The first-order valence-electron chi connectivity index (χ1n) is 7.92. The molecule has 0 radical (unpaired) electrons. The Labute approximate surface area is 143 Å². The highest BCUT2D eigenvalue weighted by molar-refractivity contribution is 6.33. The zero-order valence-electron chi connectivity index (χ0n) is 14.0. The van der Waals surface area contributed by atoms with E-state index < -0.39 is 0 Å². The summed E-state index contributed by atoms with van der Waals surface area (Å²) in [6, 6.07) is 5.68. The Morgan fingerprint density at radius 3 is 2.43 bits per heavy atom. The molecule has 23 heavy (non-hydrogen) atoms. The average Bonchev–Trinajstić information content (AvgIpc) is 2.58. The number of nitrogens with zero attached hydrogens (tertiary/aromatic N) is 3. The first-order chi connectivity index (χ1) is 11.2. The van der Waals surface area contributed by atoms with Gasteiger partial charge in [0.2, 0.25) is 0 Å². The van der Waals surface area contributed by atoms with Crippen LogP contribution in [-0.4, -0.2) is 56.7 Å². The molecule has 1 aromatic carbocycles. The molecule has 0 aromatic heterocycles. The molecule has 1 unspecified atom stereocenters. The summed E-state index contributed by atoms with van der Waals surface area (Å²) in [5.74, 6) is 1.06. The Kier molecular flexibility index (Phi) is 6.52. The molecule has 0 saturated carbocycles. The fourth-order valence-corrected chi connectivity index (χ4v) is 3.36. The van der Waals surface area contributed by atoms with Gasteiger partial charge in [0.1, 0.15) is 6.04 Å². The van der Waals surface area contributed by atoms with Crippen LogP contribution < -0.4 is 9.47 Å². The summed E-state index contributed by atoms with van der Waals surface area (Å²) >= 11 is 6.47. The van der Waals surface area contributed by atoms with Crippen LogP contribution in [0.15, 0.2) is 12.1 Å². The van der Waals surface area contributed by atoms with Crippen LogP contribution >= 0.6 is 11.6 Å². The van der Waals surface area contributed by atoms with Gasteiger partial charge in [-0.15, -0.1) is 0 Å². The van der Waals surface area contributed by atoms with Gasteiger partial charge in [-0.1, -0.05) is 24.6 Å². The lowest BCUT2D eigenvalue weighted by Crippen LogP contribution is -2.47. The number of nitriles is 1. The summed E-state index contributed by atoms with van der Waals surface area (Å²) in [6.07, 6.45) is 1.16. The summed E-state index contributed by atoms with van der Waals surface area (Å²) in [5, 5.41) is 10.1. The van der Waals surface area contributed by atoms with Crippen molar-refractivity contribution < 1.29 is 9.47 Å². The molecule has 6 heteroatoms. The fourth-order valence-electron chi connectivity index (χ4n) is 3.02. The largest absolute Gasteiger partial charge is 0.493 e. The average molecular weight is 338 g/mol. The lowest BCUT2D eigenvalue weighted by atomic mass is 10.0. The molecule has 2 rings (SSSR count). The number of piperazine rings is 1. The Morgan fingerprint density at radius 1 is 1.22 bits per heavy atom. The summed E-state index contributed by atoms with van der Waals surface area (Å²) < 4.78 is 10.6. The maximum atomic E-state index is 9.68. The molecule has 1 aromatic rings. The van der Waals surface area contributed by atoms with Crippen molar-refractivity contribution >= 4 is 11.6 Å². The van der Waals surface area contributed by atoms with Crippen molar-refractivity contribution in [3.63, 3.8) is 0 Å². The first kappa shape index (κ1) is 17.9. The van der Waals surface area contributed by atoms with Crippen molar-refractivity contribution in [1.82, 2.24) is 9.80 Å². The third-order valence-corrected chi connectivity index (χ3v) is 4.63. The van der Waals surface area contributed by atoms with E-state index in [1.165, 1.54) is 0 Å². The van der Waals surface area contributed by atoms with E-state index in [0.717, 1.165) is 44.7 Å². The molecule has 1 atom stereocenters. The highest BCUT2D eigenvalue weighted by atomic mass is 35.5. The Bertz CT molecular complexity index is 566. The standard InChI is InChI=1S/C17H24ClN3O2/c1-4-7-20-8-10-21(11-9-20)14(12-19)13-5-6-15(22-2)17(23-3)16(13)18/h5-6,14H,4,7-11H2,1-3H3. The molecule has 1 heterocycles. The lowest BCUT2D eigenvalue weighted by Gasteiger charge is -2.37. The van der Waals surface area contributed by atoms with Crippen molar-refractivity contribution in [2.45, 2.75) is 19.4 Å². The number of methoxy groups -OCH3 is 2. The molecule has 0 N–H and O–H groups in total. The maximum Gasteiger partial charge on any atom is 0.179 e. The number of halogens is 1. The number of hydrogen-bond donors (Lipinski definition) is 0. The highest BCUT2D eigenvalue weighted by Gasteiger charge is 2.28. The van der Waals surface area contributed by atoms with Gasteiger partial charge in [-0.3, -0.25) is 4.90 Å². The van der Waals surface area contributed by atoms with Crippen molar-refractivity contribution in [2.24, 2.45) is 0 Å². The fraction of sp³-hybridized carbons (Fsp3) is 0.588. The smallest absolute Gasteiger partial charge is 0.179 e. The third-order valence-electron chi connectivity index (χ3n) is 4.24. The lowest BCUT2D eigenvalue weighted by molar-refractivity contribution is 0.114. The van der Waals surface area contributed by atoms with E-state index in [1.54, 1.807) is 20.3 Å². The molecule has 126 valence electrons. The summed E-state index contributed by atoms with van der Waals surface area (Å²) in [4.78, 5) is 4.61. The van der Waals surface area contributed by atoms with Gasteiger partial charge >= 0.3 is 0 Å². The van der Waals surface area contributed by atoms with E-state index in [-0.39, 0.29) is 6.04 Å². The molecular formula is C17H24ClN3O2. The van der Waals surface area contributed by atoms with Crippen LogP contribution in [0, 0.1) is 11.3 Å². The van der Waals surface area contributed by atoms with Gasteiger partial charge in [0.05, 0.1) is 25.3 Å². The molecule has 0 amide bonds. The predicted octanol–water partition coefficient (Wildman–Crippen LogP) is 2.95. The van der Waals surface area contributed by atoms with Crippen LogP contribution in [0.1, 0.15) is 24.9 Å². The van der Waals surface area contributed by atoms with E-state index >= 15 is 0 Å². The van der Waals surface area contributed by atoms with Crippen molar-refractivity contribution in [2.75, 3.05) is 46.9 Å². The van der Waals surface area contributed by atoms with Crippen molar-refractivity contribution in [3.05, 3.63) is 22.7 Å². The van der Waals surface area contributed by atoms with E-state index in [0.29, 0.717) is 16.5 Å². The molecular weight excluding hydrogens is 314 g/mol. The first-order valence-corrected chi connectivity index (χ1v) is 8.30. The van der Waals surface area contributed by atoms with E-state index in [4.69, 9.17) is 21.1 Å². The van der Waals surface area contributed by atoms with Crippen LogP contribution in [-0.2, 0) is 0 Å². The summed E-state index contributed by atoms with van der Waals surface area (Å²) in [6.45, 7) is 7.00. The van der Waals surface area contributed by atoms with Crippen LogP contribution in [0.4, 0.5) is 0 Å². The van der Waals surface area contributed by atoms with Crippen LogP contribution in [0.5, 0.6) is 11.5 Å². The van der Waals surface area contributed by atoms with Crippen LogP contribution in [0.3, 0.4) is 0 Å². The zero-order chi connectivity index (χ0) is 16.8. The monoisotopic (exact) mass is 337 g/mol. The summed E-state index contributed by atoms with van der Waals surface area (Å²) in [7, 11) is 3.13. The van der Waals surface area contributed by atoms with Gasteiger partial charge in [-0.05, 0) is 19.0 Å². The van der Waals surface area contributed by atoms with E-state index in [2.05, 4.69) is 22.8 Å². The summed E-state index contributed by atoms with van der Waals surface area (Å²) in [5.41, 5.74) is 0.774. The zero-order valence-corrected chi connectivity index (χ0v) is 14.8. The SMILES string of the molecule is CCCN1CCN(C(C#N)c2ccc(OC)c(OC)c2Cl)CC1. The van der Waals surface area contributed by atoms with Gasteiger partial charge < -0.3 is 14.4 Å². The minimum absolute atomic E-state index is 0.369. The van der Waals surface area contributed by atoms with Gasteiger partial charge in [0.15, 0.2) is 11.5 Å². The molecule has 0 bridgehead atoms. The predicted molar refractivity (Wildman–Crippen MR) is 91.2 cm³/mol. The van der Waals surface area contributed by atoms with Gasteiger partial charge in [-0.2, -0.15) is 5.26 Å².